The maximum Gasteiger partial charge on any atom is 0.224 e. The number of anilines is 1. The molecule has 1 aromatic heterocycles. The number of halogens is 2. The Bertz CT molecular complexity index is 908. The van der Waals surface area contributed by atoms with E-state index in [1.165, 1.54) is 12.3 Å². The van der Waals surface area contributed by atoms with Crippen LogP contribution in [0.25, 0.3) is 11.3 Å². The van der Waals surface area contributed by atoms with Gasteiger partial charge in [-0.05, 0) is 42.8 Å². The first-order valence-electron chi connectivity index (χ1n) is 7.78. The van der Waals surface area contributed by atoms with Gasteiger partial charge in [-0.25, -0.2) is 9.37 Å². The second-order valence-corrected chi connectivity index (χ2v) is 6.52. The first-order chi connectivity index (χ1) is 12.0. The second-order valence-electron chi connectivity index (χ2n) is 5.61. The van der Waals surface area contributed by atoms with Crippen LogP contribution in [0.3, 0.4) is 0 Å². The Hall–Kier alpha value is -2.47. The van der Waals surface area contributed by atoms with Crippen molar-refractivity contribution in [3.63, 3.8) is 0 Å². The highest BCUT2D eigenvalue weighted by Crippen LogP contribution is 2.24. The minimum Gasteiger partial charge on any atom is -0.441 e. The van der Waals surface area contributed by atoms with Gasteiger partial charge in [0.05, 0.1) is 11.8 Å². The van der Waals surface area contributed by atoms with Gasteiger partial charge in [0, 0.05) is 23.0 Å². The highest BCUT2D eigenvalue weighted by Gasteiger charge is 2.12. The number of carbonyl (C=O) groups excluding carboxylic acids is 1. The number of oxazole rings is 1. The van der Waals surface area contributed by atoms with Crippen LogP contribution in [0.15, 0.2) is 57.6 Å². The van der Waals surface area contributed by atoms with E-state index >= 15 is 0 Å². The molecule has 1 amide bonds. The van der Waals surface area contributed by atoms with Crippen LogP contribution in [-0.4, -0.2) is 10.9 Å². The van der Waals surface area contributed by atoms with Gasteiger partial charge in [-0.2, -0.15) is 0 Å². The van der Waals surface area contributed by atoms with E-state index in [0.717, 1.165) is 15.7 Å². The molecule has 128 valence electrons. The topological polar surface area (TPSA) is 55.1 Å². The van der Waals surface area contributed by atoms with Gasteiger partial charge in [0.25, 0.3) is 0 Å². The number of aryl methyl sites for hydroxylation is 2. The predicted molar refractivity (Wildman–Crippen MR) is 97.7 cm³/mol. The van der Waals surface area contributed by atoms with Crippen LogP contribution in [0, 0.1) is 12.7 Å². The molecule has 2 aromatic carbocycles. The Morgan fingerprint density at radius 3 is 2.84 bits per heavy atom. The first kappa shape index (κ1) is 17.4. The van der Waals surface area contributed by atoms with Crippen molar-refractivity contribution in [3.05, 3.63) is 70.4 Å². The molecule has 25 heavy (non-hydrogen) atoms. The fraction of sp³-hybridized carbons (Fsp3) is 0.158. The summed E-state index contributed by atoms with van der Waals surface area (Å²) in [5.74, 6) is 0.267. The molecule has 1 N–H and O–H groups in total. The van der Waals surface area contributed by atoms with E-state index in [9.17, 15) is 9.18 Å². The molecule has 0 spiro atoms. The van der Waals surface area contributed by atoms with Gasteiger partial charge >= 0.3 is 0 Å². The van der Waals surface area contributed by atoms with Crippen LogP contribution in [0.4, 0.5) is 10.1 Å². The summed E-state index contributed by atoms with van der Waals surface area (Å²) in [4.78, 5) is 16.2. The van der Waals surface area contributed by atoms with Crippen LogP contribution in [-0.2, 0) is 11.2 Å². The van der Waals surface area contributed by atoms with Crippen molar-refractivity contribution in [2.24, 2.45) is 0 Å². The van der Waals surface area contributed by atoms with Crippen molar-refractivity contribution < 1.29 is 13.6 Å². The van der Waals surface area contributed by atoms with Gasteiger partial charge in [0.2, 0.25) is 5.91 Å². The average molecular weight is 403 g/mol. The smallest absolute Gasteiger partial charge is 0.224 e. The summed E-state index contributed by atoms with van der Waals surface area (Å²) in [6.45, 7) is 1.93. The summed E-state index contributed by atoms with van der Waals surface area (Å²) in [5.41, 5.74) is 2.10. The molecule has 0 fully saturated rings. The van der Waals surface area contributed by atoms with Gasteiger partial charge in [-0.15, -0.1) is 0 Å². The second kappa shape index (κ2) is 7.61. The molecule has 4 nitrogen and oxygen atoms in total. The van der Waals surface area contributed by atoms with E-state index in [-0.39, 0.29) is 18.1 Å². The van der Waals surface area contributed by atoms with Crippen LogP contribution in [0.2, 0.25) is 0 Å². The van der Waals surface area contributed by atoms with Crippen molar-refractivity contribution in [2.45, 2.75) is 19.8 Å². The molecule has 0 aliphatic carbocycles. The number of nitrogens with one attached hydrogen (secondary N) is 1. The zero-order valence-electron chi connectivity index (χ0n) is 13.6. The zero-order valence-corrected chi connectivity index (χ0v) is 15.1. The van der Waals surface area contributed by atoms with Crippen LogP contribution in [0.1, 0.15) is 17.9 Å². The van der Waals surface area contributed by atoms with E-state index in [1.807, 2.05) is 25.1 Å². The van der Waals surface area contributed by atoms with Crippen molar-refractivity contribution in [1.29, 1.82) is 0 Å². The molecule has 0 aliphatic rings. The predicted octanol–water partition coefficient (Wildman–Crippen LogP) is 5.12. The van der Waals surface area contributed by atoms with Crippen LogP contribution < -0.4 is 5.32 Å². The van der Waals surface area contributed by atoms with E-state index in [4.69, 9.17) is 4.42 Å². The Morgan fingerprint density at radius 1 is 1.28 bits per heavy atom. The number of benzene rings is 2. The van der Waals surface area contributed by atoms with Crippen molar-refractivity contribution >= 4 is 27.5 Å². The third-order valence-corrected chi connectivity index (χ3v) is 4.21. The fourth-order valence-electron chi connectivity index (χ4n) is 2.41. The SMILES string of the molecule is Cc1cc(Br)ccc1NC(=O)CCc1ncc(-c2ccccc2F)o1. The van der Waals surface area contributed by atoms with Crippen LogP contribution >= 0.6 is 15.9 Å². The molecular formula is C19H16BrFN2O2. The third kappa shape index (κ3) is 4.33. The molecule has 3 aromatic rings. The number of aromatic nitrogens is 1. The lowest BCUT2D eigenvalue weighted by atomic mass is 10.2. The summed E-state index contributed by atoms with van der Waals surface area (Å²) >= 11 is 3.39. The van der Waals surface area contributed by atoms with Crippen molar-refractivity contribution in [2.75, 3.05) is 5.32 Å². The summed E-state index contributed by atoms with van der Waals surface area (Å²) in [6, 6.07) is 12.0. The van der Waals surface area contributed by atoms with Gasteiger partial charge in [-0.3, -0.25) is 4.79 Å². The fourth-order valence-corrected chi connectivity index (χ4v) is 2.89. The van der Waals surface area contributed by atoms with Gasteiger partial charge in [-0.1, -0.05) is 28.1 Å². The zero-order chi connectivity index (χ0) is 17.8. The minimum absolute atomic E-state index is 0.129. The number of hydrogen-bond donors (Lipinski definition) is 1. The molecule has 6 heteroatoms. The summed E-state index contributed by atoms with van der Waals surface area (Å²) in [5, 5.41) is 2.87. The summed E-state index contributed by atoms with van der Waals surface area (Å²) in [6.07, 6.45) is 2.05. The van der Waals surface area contributed by atoms with E-state index < -0.39 is 0 Å². The maximum absolute atomic E-state index is 13.8. The Balaban J connectivity index is 1.60. The van der Waals surface area contributed by atoms with Crippen molar-refractivity contribution in [1.82, 2.24) is 4.98 Å². The lowest BCUT2D eigenvalue weighted by molar-refractivity contribution is -0.116. The number of amides is 1. The molecule has 3 rings (SSSR count). The quantitative estimate of drug-likeness (QED) is 0.643. The lowest BCUT2D eigenvalue weighted by Crippen LogP contribution is -2.13. The number of rotatable bonds is 5. The number of nitrogens with zero attached hydrogens (tertiary/aromatic N) is 1. The van der Waals surface area contributed by atoms with Crippen LogP contribution in [0.5, 0.6) is 0 Å². The normalized spacial score (nSPS) is 10.7. The monoisotopic (exact) mass is 402 g/mol. The molecular weight excluding hydrogens is 387 g/mol. The highest BCUT2D eigenvalue weighted by molar-refractivity contribution is 9.10. The number of hydrogen-bond acceptors (Lipinski definition) is 3. The van der Waals surface area contributed by atoms with Crippen molar-refractivity contribution in [3.8, 4) is 11.3 Å². The highest BCUT2D eigenvalue weighted by atomic mass is 79.9. The first-order valence-corrected chi connectivity index (χ1v) is 8.58. The summed E-state index contributed by atoms with van der Waals surface area (Å²) in [7, 11) is 0. The molecule has 0 unspecified atom stereocenters. The van der Waals surface area contributed by atoms with Gasteiger partial charge < -0.3 is 9.73 Å². The molecule has 0 radical (unpaired) electrons. The Morgan fingerprint density at radius 2 is 2.08 bits per heavy atom. The standard InChI is InChI=1S/C19H16BrFN2O2/c1-12-10-13(20)6-7-16(12)23-18(24)8-9-19-22-11-17(25-19)14-4-2-3-5-15(14)21/h2-7,10-11H,8-9H2,1H3,(H,23,24). The molecule has 0 aliphatic heterocycles. The molecule has 0 atom stereocenters. The van der Waals surface area contributed by atoms with E-state index in [1.54, 1.807) is 18.2 Å². The maximum atomic E-state index is 13.8. The third-order valence-electron chi connectivity index (χ3n) is 3.72. The molecule has 0 saturated heterocycles. The lowest BCUT2D eigenvalue weighted by Gasteiger charge is -2.08. The van der Waals surface area contributed by atoms with E-state index in [0.29, 0.717) is 23.6 Å². The largest absolute Gasteiger partial charge is 0.441 e. The minimum atomic E-state index is -0.367. The van der Waals surface area contributed by atoms with E-state index in [2.05, 4.69) is 26.2 Å². The summed E-state index contributed by atoms with van der Waals surface area (Å²) < 4.78 is 20.3. The Labute approximate surface area is 153 Å². The molecule has 0 bridgehead atoms. The number of carbonyl (C=O) groups is 1. The Kier molecular flexibility index (Phi) is 5.28. The molecule has 0 saturated carbocycles. The molecule has 1 heterocycles. The van der Waals surface area contributed by atoms with Gasteiger partial charge in [0.1, 0.15) is 5.82 Å². The van der Waals surface area contributed by atoms with Gasteiger partial charge in [0.15, 0.2) is 11.7 Å². The average Bonchev–Trinajstić information content (AvgIpc) is 3.05.